The van der Waals surface area contributed by atoms with Crippen LogP contribution < -0.4 is 0 Å². The quantitative estimate of drug-likeness (QED) is 0.805. The van der Waals surface area contributed by atoms with Gasteiger partial charge in [0, 0.05) is 20.2 Å². The minimum Gasteiger partial charge on any atom is -0.481 e. The van der Waals surface area contributed by atoms with Crippen molar-refractivity contribution in [2.75, 3.05) is 20.7 Å². The largest absolute Gasteiger partial charge is 0.481 e. The van der Waals surface area contributed by atoms with Crippen molar-refractivity contribution in [2.24, 2.45) is 5.92 Å². The fourth-order valence-electron chi connectivity index (χ4n) is 1.91. The zero-order valence-electron chi connectivity index (χ0n) is 11.2. The second kappa shape index (κ2) is 7.13. The van der Waals surface area contributed by atoms with Crippen LogP contribution in [0.5, 0.6) is 0 Å². The number of carboxylic acid groups (broad SMARTS) is 1. The monoisotopic (exact) mass is 251 g/mol. The van der Waals surface area contributed by atoms with Crippen molar-refractivity contribution in [1.82, 2.24) is 4.90 Å². The van der Waals surface area contributed by atoms with Crippen LogP contribution in [0.3, 0.4) is 0 Å². The molecule has 1 atom stereocenters. The topological polar surface area (TPSA) is 49.8 Å². The second-order valence-electron chi connectivity index (χ2n) is 4.64. The molecule has 0 aliphatic heterocycles. The smallest absolute Gasteiger partial charge is 0.307 e. The average Bonchev–Trinajstić information content (AvgIpc) is 2.31. The van der Waals surface area contributed by atoms with Gasteiger partial charge in [0.05, 0.1) is 12.5 Å². The summed E-state index contributed by atoms with van der Waals surface area (Å²) in [5.41, 5.74) is 2.33. The van der Waals surface area contributed by atoms with Crippen LogP contribution in [0.1, 0.15) is 18.1 Å². The normalized spacial score (nSPS) is 12.7. The SMILES string of the molecule is COCc1ccccc1CN(C)CC(C)C(=O)O. The summed E-state index contributed by atoms with van der Waals surface area (Å²) in [6.45, 7) is 3.58. The van der Waals surface area contributed by atoms with Gasteiger partial charge in [-0.05, 0) is 18.2 Å². The van der Waals surface area contributed by atoms with E-state index in [0.29, 0.717) is 13.2 Å². The van der Waals surface area contributed by atoms with Gasteiger partial charge >= 0.3 is 5.97 Å². The van der Waals surface area contributed by atoms with Gasteiger partial charge in [-0.15, -0.1) is 0 Å². The number of nitrogens with zero attached hydrogens (tertiary/aromatic N) is 1. The molecule has 0 bridgehead atoms. The molecule has 100 valence electrons. The predicted molar refractivity (Wildman–Crippen MR) is 70.3 cm³/mol. The molecule has 4 nitrogen and oxygen atoms in total. The molecule has 0 aliphatic carbocycles. The number of rotatable bonds is 7. The summed E-state index contributed by atoms with van der Waals surface area (Å²) in [6.07, 6.45) is 0. The third-order valence-electron chi connectivity index (χ3n) is 2.87. The molecular formula is C14H21NO3. The predicted octanol–water partition coefficient (Wildman–Crippen LogP) is 1.99. The Labute approximate surface area is 108 Å². The molecule has 1 aromatic rings. The van der Waals surface area contributed by atoms with Crippen molar-refractivity contribution < 1.29 is 14.6 Å². The Morgan fingerprint density at radius 1 is 1.39 bits per heavy atom. The van der Waals surface area contributed by atoms with E-state index in [-0.39, 0.29) is 5.92 Å². The lowest BCUT2D eigenvalue weighted by molar-refractivity contribution is -0.141. The van der Waals surface area contributed by atoms with E-state index < -0.39 is 5.97 Å². The van der Waals surface area contributed by atoms with E-state index in [1.807, 2.05) is 30.1 Å². The molecule has 0 radical (unpaired) electrons. The Bertz CT molecular complexity index is 392. The number of hydrogen-bond donors (Lipinski definition) is 1. The summed E-state index contributed by atoms with van der Waals surface area (Å²) >= 11 is 0. The Morgan fingerprint density at radius 3 is 2.56 bits per heavy atom. The highest BCUT2D eigenvalue weighted by atomic mass is 16.5. The molecule has 0 fully saturated rings. The van der Waals surface area contributed by atoms with Crippen molar-refractivity contribution in [3.05, 3.63) is 35.4 Å². The van der Waals surface area contributed by atoms with Crippen molar-refractivity contribution in [2.45, 2.75) is 20.1 Å². The van der Waals surface area contributed by atoms with E-state index in [1.165, 1.54) is 5.56 Å². The van der Waals surface area contributed by atoms with Crippen LogP contribution >= 0.6 is 0 Å². The molecule has 0 saturated heterocycles. The van der Waals surface area contributed by atoms with E-state index in [2.05, 4.69) is 6.07 Å². The molecule has 0 amide bonds. The van der Waals surface area contributed by atoms with Crippen LogP contribution in [-0.4, -0.2) is 36.7 Å². The number of benzene rings is 1. The third kappa shape index (κ3) is 4.47. The molecule has 0 saturated carbocycles. The van der Waals surface area contributed by atoms with Crippen LogP contribution in [0.2, 0.25) is 0 Å². The summed E-state index contributed by atoms with van der Waals surface area (Å²) in [5, 5.41) is 8.89. The van der Waals surface area contributed by atoms with Crippen LogP contribution in [-0.2, 0) is 22.7 Å². The minimum absolute atomic E-state index is 0.357. The van der Waals surface area contributed by atoms with E-state index in [9.17, 15) is 4.79 Å². The molecule has 0 aromatic heterocycles. The molecular weight excluding hydrogens is 230 g/mol. The maximum Gasteiger partial charge on any atom is 0.307 e. The van der Waals surface area contributed by atoms with Crippen molar-refractivity contribution >= 4 is 5.97 Å². The fraction of sp³-hybridized carbons (Fsp3) is 0.500. The first-order valence-corrected chi connectivity index (χ1v) is 6.01. The summed E-state index contributed by atoms with van der Waals surface area (Å²) in [7, 11) is 3.61. The number of hydrogen-bond acceptors (Lipinski definition) is 3. The Balaban J connectivity index is 2.63. The van der Waals surface area contributed by atoms with Gasteiger partial charge in [0.15, 0.2) is 0 Å². The molecule has 0 heterocycles. The lowest BCUT2D eigenvalue weighted by Gasteiger charge is -2.20. The summed E-state index contributed by atoms with van der Waals surface area (Å²) < 4.78 is 5.16. The van der Waals surface area contributed by atoms with Gasteiger partial charge in [-0.3, -0.25) is 4.79 Å². The molecule has 1 aromatic carbocycles. The van der Waals surface area contributed by atoms with E-state index in [4.69, 9.17) is 9.84 Å². The van der Waals surface area contributed by atoms with Gasteiger partial charge in [-0.25, -0.2) is 0 Å². The van der Waals surface area contributed by atoms with Gasteiger partial charge in [-0.1, -0.05) is 31.2 Å². The number of carboxylic acids is 1. The molecule has 18 heavy (non-hydrogen) atoms. The summed E-state index contributed by atoms with van der Waals surface area (Å²) in [4.78, 5) is 12.8. The first-order valence-electron chi connectivity index (χ1n) is 6.01. The molecule has 0 aliphatic rings. The van der Waals surface area contributed by atoms with Gasteiger partial charge in [0.1, 0.15) is 0 Å². The molecule has 0 spiro atoms. The molecule has 1 N–H and O–H groups in total. The lowest BCUT2D eigenvalue weighted by atomic mass is 10.1. The van der Waals surface area contributed by atoms with Crippen molar-refractivity contribution in [3.8, 4) is 0 Å². The maximum absolute atomic E-state index is 10.8. The Hall–Kier alpha value is -1.39. The molecule has 1 rings (SSSR count). The van der Waals surface area contributed by atoms with Gasteiger partial charge < -0.3 is 14.7 Å². The van der Waals surface area contributed by atoms with Gasteiger partial charge in [0.25, 0.3) is 0 Å². The highest BCUT2D eigenvalue weighted by Gasteiger charge is 2.14. The average molecular weight is 251 g/mol. The standard InChI is InChI=1S/C14H21NO3/c1-11(14(16)17)8-15(2)9-12-6-4-5-7-13(12)10-18-3/h4-7,11H,8-10H2,1-3H3,(H,16,17). The number of aliphatic carboxylic acids is 1. The minimum atomic E-state index is -0.757. The van der Waals surface area contributed by atoms with Crippen molar-refractivity contribution in [1.29, 1.82) is 0 Å². The number of carbonyl (C=O) groups is 1. The van der Waals surface area contributed by atoms with Gasteiger partial charge in [-0.2, -0.15) is 0 Å². The first kappa shape index (κ1) is 14.7. The van der Waals surface area contributed by atoms with Crippen LogP contribution in [0, 0.1) is 5.92 Å². The summed E-state index contributed by atoms with van der Waals surface area (Å²) in [6, 6.07) is 8.06. The zero-order valence-corrected chi connectivity index (χ0v) is 11.2. The third-order valence-corrected chi connectivity index (χ3v) is 2.87. The molecule has 4 heteroatoms. The van der Waals surface area contributed by atoms with E-state index in [1.54, 1.807) is 14.0 Å². The van der Waals surface area contributed by atoms with Crippen LogP contribution in [0.4, 0.5) is 0 Å². The maximum atomic E-state index is 10.8. The first-order chi connectivity index (χ1) is 8.54. The number of methoxy groups -OCH3 is 1. The Kier molecular flexibility index (Phi) is 5.82. The second-order valence-corrected chi connectivity index (χ2v) is 4.64. The summed E-state index contributed by atoms with van der Waals surface area (Å²) in [5.74, 6) is -1.11. The lowest BCUT2D eigenvalue weighted by Crippen LogP contribution is -2.28. The Morgan fingerprint density at radius 2 is 2.00 bits per heavy atom. The zero-order chi connectivity index (χ0) is 13.5. The van der Waals surface area contributed by atoms with E-state index in [0.717, 1.165) is 12.1 Å². The number of ether oxygens (including phenoxy) is 1. The van der Waals surface area contributed by atoms with Crippen molar-refractivity contribution in [3.63, 3.8) is 0 Å². The van der Waals surface area contributed by atoms with Crippen LogP contribution in [0.25, 0.3) is 0 Å². The fourth-order valence-corrected chi connectivity index (χ4v) is 1.91. The molecule has 1 unspecified atom stereocenters. The van der Waals surface area contributed by atoms with Gasteiger partial charge in [0.2, 0.25) is 0 Å². The highest BCUT2D eigenvalue weighted by Crippen LogP contribution is 2.13. The van der Waals surface area contributed by atoms with Crippen LogP contribution in [0.15, 0.2) is 24.3 Å². The van der Waals surface area contributed by atoms with E-state index >= 15 is 0 Å². The highest BCUT2D eigenvalue weighted by molar-refractivity contribution is 5.69.